The van der Waals surface area contributed by atoms with Crippen molar-refractivity contribution in [1.29, 1.82) is 0 Å². The molecule has 0 aromatic carbocycles. The molecular weight excluding hydrogens is 350 g/mol. The van der Waals surface area contributed by atoms with E-state index >= 15 is 0 Å². The number of ether oxygens (including phenoxy) is 1. The molecule has 0 radical (unpaired) electrons. The van der Waals surface area contributed by atoms with E-state index < -0.39 is 22.0 Å². The van der Waals surface area contributed by atoms with E-state index in [9.17, 15) is 13.2 Å². The fourth-order valence-electron chi connectivity index (χ4n) is 3.20. The Labute approximate surface area is 146 Å². The molecule has 1 saturated heterocycles. The lowest BCUT2D eigenvalue weighted by molar-refractivity contribution is 0.0984. The maximum atomic E-state index is 12.4. The van der Waals surface area contributed by atoms with E-state index in [1.165, 1.54) is 30.5 Å². The molecule has 1 N–H and O–H groups in total. The molecule has 2 aliphatic rings. The van der Waals surface area contributed by atoms with E-state index in [1.54, 1.807) is 23.3 Å². The molecule has 2 atom stereocenters. The summed E-state index contributed by atoms with van der Waals surface area (Å²) >= 11 is 1.68. The van der Waals surface area contributed by atoms with Crippen LogP contribution in [0.4, 0.5) is 4.79 Å². The Morgan fingerprint density at radius 1 is 1.38 bits per heavy atom. The van der Waals surface area contributed by atoms with Crippen molar-refractivity contribution >= 4 is 27.2 Å². The molecule has 0 spiro atoms. The maximum absolute atomic E-state index is 12.4. The number of amides is 2. The number of carbonyl (C=O) groups is 1. The zero-order valence-electron chi connectivity index (χ0n) is 13.9. The van der Waals surface area contributed by atoms with Gasteiger partial charge < -0.3 is 15.0 Å². The second-order valence-electron chi connectivity index (χ2n) is 6.45. The van der Waals surface area contributed by atoms with Crippen molar-refractivity contribution in [3.63, 3.8) is 0 Å². The van der Waals surface area contributed by atoms with Crippen LogP contribution < -0.4 is 5.32 Å². The van der Waals surface area contributed by atoms with Gasteiger partial charge in [-0.05, 0) is 25.7 Å². The number of rotatable bonds is 4. The molecule has 7 nitrogen and oxygen atoms in total. The Kier molecular flexibility index (Phi) is 5.12. The molecule has 1 fully saturated rings. The summed E-state index contributed by atoms with van der Waals surface area (Å²) in [4.78, 5) is 19.9. The summed E-state index contributed by atoms with van der Waals surface area (Å²) in [5.74, 6) is -0.117. The van der Waals surface area contributed by atoms with E-state index in [1.807, 2.05) is 0 Å². The molecule has 3 rings (SSSR count). The van der Waals surface area contributed by atoms with Gasteiger partial charge in [0, 0.05) is 19.0 Å². The van der Waals surface area contributed by atoms with Gasteiger partial charge in [0.2, 0.25) is 0 Å². The molecular formula is C15H23N3O4S2. The Hall–Kier alpha value is -1.19. The number of nitrogens with one attached hydrogen (secondary N) is 1. The first-order valence-electron chi connectivity index (χ1n) is 8.10. The molecule has 24 heavy (non-hydrogen) atoms. The molecule has 2 heterocycles. The van der Waals surface area contributed by atoms with Crippen molar-refractivity contribution in [3.05, 3.63) is 15.6 Å². The third kappa shape index (κ3) is 3.89. The lowest BCUT2D eigenvalue weighted by Crippen LogP contribution is -2.48. The average Bonchev–Trinajstić information content (AvgIpc) is 3.06. The number of aromatic nitrogens is 1. The zero-order chi connectivity index (χ0) is 17.3. The predicted octanol–water partition coefficient (Wildman–Crippen LogP) is 0.975. The number of nitrogens with zero attached hydrogens (tertiary/aromatic N) is 2. The van der Waals surface area contributed by atoms with Crippen molar-refractivity contribution < 1.29 is 17.9 Å². The van der Waals surface area contributed by atoms with Crippen LogP contribution in [0.3, 0.4) is 0 Å². The summed E-state index contributed by atoms with van der Waals surface area (Å²) in [6.07, 6.45) is 4.01. The normalized spacial score (nSPS) is 25.2. The quantitative estimate of drug-likeness (QED) is 0.850. The van der Waals surface area contributed by atoms with Crippen molar-refractivity contribution in [1.82, 2.24) is 15.2 Å². The first-order chi connectivity index (χ1) is 11.4. The number of hydrogen-bond donors (Lipinski definition) is 1. The number of sulfone groups is 1. The van der Waals surface area contributed by atoms with Crippen LogP contribution in [0.25, 0.3) is 0 Å². The second kappa shape index (κ2) is 6.97. The van der Waals surface area contributed by atoms with Crippen LogP contribution in [0.2, 0.25) is 0 Å². The van der Waals surface area contributed by atoms with Gasteiger partial charge in [0.15, 0.2) is 9.84 Å². The van der Waals surface area contributed by atoms with Gasteiger partial charge in [0.25, 0.3) is 0 Å². The van der Waals surface area contributed by atoms with Gasteiger partial charge >= 0.3 is 6.03 Å². The number of carbonyl (C=O) groups excluding carboxylic acids is 1. The van der Waals surface area contributed by atoms with Gasteiger partial charge in [0.05, 0.1) is 35.9 Å². The van der Waals surface area contributed by atoms with Crippen molar-refractivity contribution in [2.24, 2.45) is 0 Å². The predicted molar refractivity (Wildman–Crippen MR) is 92.0 cm³/mol. The van der Waals surface area contributed by atoms with Crippen LogP contribution in [0.5, 0.6) is 0 Å². The maximum Gasteiger partial charge on any atom is 0.317 e. The van der Waals surface area contributed by atoms with Gasteiger partial charge in [-0.25, -0.2) is 18.2 Å². The number of hydrogen-bond acceptors (Lipinski definition) is 6. The van der Waals surface area contributed by atoms with Crippen molar-refractivity contribution in [2.45, 2.75) is 44.4 Å². The summed E-state index contributed by atoms with van der Waals surface area (Å²) in [5.41, 5.74) is 1.18. The molecule has 9 heteroatoms. The first-order valence-corrected chi connectivity index (χ1v) is 10.7. The lowest BCUT2D eigenvalue weighted by atomic mass is 10.0. The minimum atomic E-state index is -3.16. The van der Waals surface area contributed by atoms with Crippen LogP contribution in [-0.2, 0) is 34.0 Å². The largest absolute Gasteiger partial charge is 0.378 e. The summed E-state index contributed by atoms with van der Waals surface area (Å²) in [6.45, 7) is 0.431. The van der Waals surface area contributed by atoms with E-state index in [4.69, 9.17) is 4.74 Å². The highest BCUT2D eigenvalue weighted by Gasteiger charge is 2.39. The highest BCUT2D eigenvalue weighted by molar-refractivity contribution is 7.91. The van der Waals surface area contributed by atoms with E-state index in [0.29, 0.717) is 6.54 Å². The van der Waals surface area contributed by atoms with E-state index in [-0.39, 0.29) is 17.5 Å². The van der Waals surface area contributed by atoms with E-state index in [0.717, 1.165) is 17.8 Å². The van der Waals surface area contributed by atoms with Gasteiger partial charge in [-0.1, -0.05) is 0 Å². The highest BCUT2D eigenvalue weighted by atomic mass is 32.2. The third-order valence-electron chi connectivity index (χ3n) is 4.52. The minimum absolute atomic E-state index is 0.0443. The Bertz CT molecular complexity index is 693. The molecule has 1 aliphatic heterocycles. The summed E-state index contributed by atoms with van der Waals surface area (Å²) < 4.78 is 28.6. The standard InChI is InChI=1S/C15H23N3O4S2/c1-18(7-14-16-10-5-3-4-6-13(10)23-14)15(19)17-11-8-24(20,21)9-12(11)22-2/h11-12H,3-9H2,1-2H3,(H,17,19). The molecule has 0 bridgehead atoms. The summed E-state index contributed by atoms with van der Waals surface area (Å²) in [7, 11) is 0.00455. The third-order valence-corrected chi connectivity index (χ3v) is 7.37. The van der Waals surface area contributed by atoms with Crippen LogP contribution >= 0.6 is 11.3 Å². The molecule has 0 saturated carbocycles. The fraction of sp³-hybridized carbons (Fsp3) is 0.733. The molecule has 2 unspecified atom stereocenters. The van der Waals surface area contributed by atoms with Gasteiger partial charge in [-0.2, -0.15) is 0 Å². The summed E-state index contributed by atoms with van der Waals surface area (Å²) in [6, 6.07) is -0.799. The van der Waals surface area contributed by atoms with E-state index in [2.05, 4.69) is 10.3 Å². The molecule has 1 aromatic heterocycles. The monoisotopic (exact) mass is 373 g/mol. The van der Waals surface area contributed by atoms with Crippen molar-refractivity contribution in [3.8, 4) is 0 Å². The van der Waals surface area contributed by atoms with Crippen LogP contribution in [0.15, 0.2) is 0 Å². The number of methoxy groups -OCH3 is 1. The number of thiazole rings is 1. The fourth-order valence-corrected chi connectivity index (χ4v) is 6.26. The van der Waals surface area contributed by atoms with Gasteiger partial charge in [0.1, 0.15) is 5.01 Å². The van der Waals surface area contributed by atoms with Gasteiger partial charge in [-0.3, -0.25) is 0 Å². The Morgan fingerprint density at radius 3 is 2.83 bits per heavy atom. The Balaban J connectivity index is 1.59. The highest BCUT2D eigenvalue weighted by Crippen LogP contribution is 2.27. The number of fused-ring (bicyclic) bond motifs is 1. The average molecular weight is 374 g/mol. The Morgan fingerprint density at radius 2 is 2.12 bits per heavy atom. The second-order valence-corrected chi connectivity index (χ2v) is 9.77. The number of aryl methyl sites for hydroxylation is 2. The van der Waals surface area contributed by atoms with Gasteiger partial charge in [-0.15, -0.1) is 11.3 Å². The van der Waals surface area contributed by atoms with Crippen LogP contribution in [0.1, 0.15) is 28.4 Å². The minimum Gasteiger partial charge on any atom is -0.378 e. The zero-order valence-corrected chi connectivity index (χ0v) is 15.6. The topological polar surface area (TPSA) is 88.6 Å². The first kappa shape index (κ1) is 17.6. The van der Waals surface area contributed by atoms with Crippen LogP contribution in [0, 0.1) is 0 Å². The SMILES string of the molecule is COC1CS(=O)(=O)CC1NC(=O)N(C)Cc1nc2c(s1)CCCC2. The smallest absolute Gasteiger partial charge is 0.317 e. The van der Waals surface area contributed by atoms with Crippen LogP contribution in [-0.4, -0.2) is 62.1 Å². The lowest BCUT2D eigenvalue weighted by Gasteiger charge is -2.22. The summed E-state index contributed by atoms with van der Waals surface area (Å²) in [5, 5.41) is 3.71. The molecule has 2 amide bonds. The molecule has 1 aliphatic carbocycles. The number of urea groups is 1. The molecule has 1 aromatic rings. The van der Waals surface area contributed by atoms with Crippen molar-refractivity contribution in [2.75, 3.05) is 25.7 Å². The molecule has 134 valence electrons.